The first-order chi connectivity index (χ1) is 13.7. The predicted octanol–water partition coefficient (Wildman–Crippen LogP) is 3.30. The van der Waals surface area contributed by atoms with Gasteiger partial charge < -0.3 is 24.8 Å². The molecule has 0 bridgehead atoms. The fourth-order valence-electron chi connectivity index (χ4n) is 2.68. The highest BCUT2D eigenvalue weighted by Crippen LogP contribution is 2.28. The third kappa shape index (κ3) is 4.79. The van der Waals surface area contributed by atoms with E-state index in [1.54, 1.807) is 27.5 Å². The molecule has 28 heavy (non-hydrogen) atoms. The Hall–Kier alpha value is -3.55. The highest BCUT2D eigenvalue weighted by molar-refractivity contribution is 5.63. The van der Waals surface area contributed by atoms with Crippen molar-refractivity contribution < 1.29 is 14.2 Å². The average Bonchev–Trinajstić information content (AvgIpc) is 2.74. The largest absolute Gasteiger partial charge is 0.495 e. The minimum Gasteiger partial charge on any atom is -0.495 e. The van der Waals surface area contributed by atoms with Gasteiger partial charge in [-0.1, -0.05) is 18.2 Å². The molecule has 0 radical (unpaired) electrons. The molecule has 0 fully saturated rings. The van der Waals surface area contributed by atoms with Crippen LogP contribution in [0, 0.1) is 0 Å². The second-order valence-corrected chi connectivity index (χ2v) is 5.86. The summed E-state index contributed by atoms with van der Waals surface area (Å²) >= 11 is 0. The number of hydrogen-bond acceptors (Lipinski definition) is 8. The summed E-state index contributed by atoms with van der Waals surface area (Å²) in [7, 11) is 4.87. The Balaban J connectivity index is 1.61. The number of methoxy groups -OCH3 is 3. The first kappa shape index (κ1) is 19.2. The molecule has 0 aliphatic carbocycles. The van der Waals surface area contributed by atoms with Crippen LogP contribution in [0.3, 0.4) is 0 Å². The molecule has 1 heterocycles. The molecule has 2 aromatic carbocycles. The van der Waals surface area contributed by atoms with Crippen molar-refractivity contribution in [1.82, 2.24) is 15.2 Å². The molecule has 0 unspecified atom stereocenters. The van der Waals surface area contributed by atoms with Crippen molar-refractivity contribution >= 4 is 17.5 Å². The molecule has 0 amide bonds. The van der Waals surface area contributed by atoms with Gasteiger partial charge in [0, 0.05) is 6.54 Å². The van der Waals surface area contributed by atoms with E-state index in [0.29, 0.717) is 29.8 Å². The first-order valence-electron chi connectivity index (χ1n) is 8.78. The molecule has 0 aliphatic heterocycles. The van der Waals surface area contributed by atoms with E-state index < -0.39 is 0 Å². The van der Waals surface area contributed by atoms with E-state index >= 15 is 0 Å². The van der Waals surface area contributed by atoms with Crippen molar-refractivity contribution in [3.8, 4) is 17.2 Å². The maximum absolute atomic E-state index is 5.34. The Morgan fingerprint density at radius 2 is 1.68 bits per heavy atom. The van der Waals surface area contributed by atoms with Gasteiger partial charge in [0.25, 0.3) is 0 Å². The van der Waals surface area contributed by atoms with Crippen molar-refractivity contribution in [1.29, 1.82) is 0 Å². The molecular weight excluding hydrogens is 358 g/mol. The number of ether oxygens (including phenoxy) is 3. The molecule has 8 nitrogen and oxygen atoms in total. The van der Waals surface area contributed by atoms with E-state index in [4.69, 9.17) is 14.2 Å². The number of benzene rings is 2. The number of para-hydroxylation sites is 2. The van der Waals surface area contributed by atoms with Crippen molar-refractivity contribution in [2.45, 2.75) is 6.42 Å². The minimum absolute atomic E-state index is 0.445. The topological polar surface area (TPSA) is 90.4 Å². The van der Waals surface area contributed by atoms with Gasteiger partial charge in [-0.2, -0.15) is 10.1 Å². The standard InChI is InChI=1S/C20H23N5O3/c1-26-16-7-5-4-6-15(16)23-19-13-22-25-20(24-19)21-11-10-14-8-9-17(27-2)18(12-14)28-3/h4-9,12-13H,10-11H2,1-3H3,(H2,21,23,24,25). The molecule has 0 saturated heterocycles. The maximum Gasteiger partial charge on any atom is 0.244 e. The Morgan fingerprint density at radius 1 is 0.893 bits per heavy atom. The molecule has 2 N–H and O–H groups in total. The summed E-state index contributed by atoms with van der Waals surface area (Å²) in [6, 6.07) is 13.5. The number of aromatic nitrogens is 3. The van der Waals surface area contributed by atoms with Crippen LogP contribution in [-0.2, 0) is 6.42 Å². The summed E-state index contributed by atoms with van der Waals surface area (Å²) in [5.74, 6) is 3.17. The van der Waals surface area contributed by atoms with Gasteiger partial charge in [0.1, 0.15) is 5.75 Å². The number of nitrogens with one attached hydrogen (secondary N) is 2. The molecule has 146 valence electrons. The number of nitrogens with zero attached hydrogens (tertiary/aromatic N) is 3. The lowest BCUT2D eigenvalue weighted by atomic mass is 10.1. The predicted molar refractivity (Wildman–Crippen MR) is 108 cm³/mol. The zero-order valence-electron chi connectivity index (χ0n) is 16.1. The lowest BCUT2D eigenvalue weighted by Gasteiger charge is -2.11. The molecule has 0 atom stereocenters. The van der Waals surface area contributed by atoms with E-state index in [0.717, 1.165) is 23.4 Å². The van der Waals surface area contributed by atoms with Gasteiger partial charge in [-0.05, 0) is 36.2 Å². The summed E-state index contributed by atoms with van der Waals surface area (Å²) in [6.07, 6.45) is 2.33. The van der Waals surface area contributed by atoms with Gasteiger partial charge in [-0.25, -0.2) is 0 Å². The summed E-state index contributed by atoms with van der Waals surface area (Å²) in [4.78, 5) is 4.44. The first-order valence-corrected chi connectivity index (χ1v) is 8.78. The fraction of sp³-hybridized carbons (Fsp3) is 0.250. The highest BCUT2D eigenvalue weighted by atomic mass is 16.5. The monoisotopic (exact) mass is 381 g/mol. The zero-order chi connectivity index (χ0) is 19.8. The Kier molecular flexibility index (Phi) is 6.46. The van der Waals surface area contributed by atoms with Crippen LogP contribution in [0.4, 0.5) is 17.5 Å². The molecule has 1 aromatic heterocycles. The van der Waals surface area contributed by atoms with Crippen LogP contribution in [0.5, 0.6) is 17.2 Å². The maximum atomic E-state index is 5.34. The van der Waals surface area contributed by atoms with Crippen LogP contribution in [0.15, 0.2) is 48.7 Å². The minimum atomic E-state index is 0.445. The Labute approximate surface area is 163 Å². The number of rotatable bonds is 9. The molecule has 8 heteroatoms. The Morgan fingerprint density at radius 3 is 2.46 bits per heavy atom. The van der Waals surface area contributed by atoms with Crippen LogP contribution < -0.4 is 24.8 Å². The average molecular weight is 381 g/mol. The van der Waals surface area contributed by atoms with E-state index in [1.807, 2.05) is 42.5 Å². The molecule has 3 aromatic rings. The molecule has 0 aliphatic rings. The SMILES string of the molecule is COc1ccccc1Nc1cnnc(NCCc2ccc(OC)c(OC)c2)n1. The lowest BCUT2D eigenvalue weighted by molar-refractivity contribution is 0.354. The summed E-state index contributed by atoms with van der Waals surface area (Å²) in [6.45, 7) is 0.648. The van der Waals surface area contributed by atoms with E-state index in [2.05, 4.69) is 25.8 Å². The van der Waals surface area contributed by atoms with Crippen LogP contribution >= 0.6 is 0 Å². The number of anilines is 3. The zero-order valence-corrected chi connectivity index (χ0v) is 16.1. The Bertz CT molecular complexity index is 920. The van der Waals surface area contributed by atoms with Crippen molar-refractivity contribution in [2.24, 2.45) is 0 Å². The van der Waals surface area contributed by atoms with Crippen molar-refractivity contribution in [3.05, 3.63) is 54.2 Å². The summed E-state index contributed by atoms with van der Waals surface area (Å²) in [5, 5.41) is 14.4. The third-order valence-corrected chi connectivity index (χ3v) is 4.07. The molecule has 3 rings (SSSR count). The summed E-state index contributed by atoms with van der Waals surface area (Å²) in [5.41, 5.74) is 1.92. The van der Waals surface area contributed by atoms with E-state index in [9.17, 15) is 0 Å². The van der Waals surface area contributed by atoms with Gasteiger partial charge in [-0.3, -0.25) is 0 Å². The van der Waals surface area contributed by atoms with E-state index in [1.165, 1.54) is 0 Å². The lowest BCUT2D eigenvalue weighted by Crippen LogP contribution is -2.10. The number of hydrogen-bond donors (Lipinski definition) is 2. The van der Waals surface area contributed by atoms with Crippen molar-refractivity contribution in [3.63, 3.8) is 0 Å². The fourth-order valence-corrected chi connectivity index (χ4v) is 2.68. The van der Waals surface area contributed by atoms with Gasteiger partial charge in [-0.15, -0.1) is 5.10 Å². The van der Waals surface area contributed by atoms with Crippen LogP contribution in [0.2, 0.25) is 0 Å². The highest BCUT2D eigenvalue weighted by Gasteiger charge is 2.07. The summed E-state index contributed by atoms with van der Waals surface area (Å²) < 4.78 is 15.9. The molecule has 0 spiro atoms. The van der Waals surface area contributed by atoms with Gasteiger partial charge in [0.15, 0.2) is 17.3 Å². The second-order valence-electron chi connectivity index (χ2n) is 5.86. The third-order valence-electron chi connectivity index (χ3n) is 4.07. The quantitative estimate of drug-likeness (QED) is 0.583. The van der Waals surface area contributed by atoms with Gasteiger partial charge in [0.05, 0.1) is 33.2 Å². The molecular formula is C20H23N5O3. The van der Waals surface area contributed by atoms with Gasteiger partial charge >= 0.3 is 0 Å². The van der Waals surface area contributed by atoms with E-state index in [-0.39, 0.29) is 0 Å². The molecule has 0 saturated carbocycles. The second kappa shape index (κ2) is 9.40. The van der Waals surface area contributed by atoms with Gasteiger partial charge in [0.2, 0.25) is 5.95 Å². The van der Waals surface area contributed by atoms with Crippen LogP contribution in [0.1, 0.15) is 5.56 Å². The smallest absolute Gasteiger partial charge is 0.244 e. The normalized spacial score (nSPS) is 10.2. The van der Waals surface area contributed by atoms with Crippen LogP contribution in [-0.4, -0.2) is 43.1 Å². The van der Waals surface area contributed by atoms with Crippen LogP contribution in [0.25, 0.3) is 0 Å². The van der Waals surface area contributed by atoms with Crippen molar-refractivity contribution in [2.75, 3.05) is 38.5 Å².